The summed E-state index contributed by atoms with van der Waals surface area (Å²) in [4.78, 5) is 27.3. The van der Waals surface area contributed by atoms with Gasteiger partial charge in [0.05, 0.1) is 25.0 Å². The number of hydrogen-bond acceptors (Lipinski definition) is 7. The van der Waals surface area contributed by atoms with Gasteiger partial charge >= 0.3 is 11.7 Å². The van der Waals surface area contributed by atoms with E-state index in [0.717, 1.165) is 4.68 Å². The maximum absolute atomic E-state index is 15.4. The van der Waals surface area contributed by atoms with Crippen molar-refractivity contribution in [3.63, 3.8) is 0 Å². The summed E-state index contributed by atoms with van der Waals surface area (Å²) >= 11 is 0. The number of aromatic amines is 1. The molecule has 1 atom stereocenters. The summed E-state index contributed by atoms with van der Waals surface area (Å²) in [6.45, 7) is 2.07. The van der Waals surface area contributed by atoms with Gasteiger partial charge in [-0.05, 0) is 49.4 Å². The average molecular weight is 521 g/mol. The van der Waals surface area contributed by atoms with Crippen LogP contribution < -0.4 is 26.2 Å². The summed E-state index contributed by atoms with van der Waals surface area (Å²) in [6.07, 6.45) is 0. The fourth-order valence-corrected chi connectivity index (χ4v) is 3.88. The van der Waals surface area contributed by atoms with Crippen LogP contribution >= 0.6 is 0 Å². The number of nitrogens with one attached hydrogen (secondary N) is 3. The summed E-state index contributed by atoms with van der Waals surface area (Å²) in [5, 5.41) is 24.6. The number of ether oxygens (including phenoxy) is 2. The van der Waals surface area contributed by atoms with Crippen LogP contribution in [0.1, 0.15) is 40.3 Å². The molecule has 12 heteroatoms. The van der Waals surface area contributed by atoms with E-state index >= 15 is 4.39 Å². The molecule has 0 amide bonds. The molecule has 0 fully saturated rings. The van der Waals surface area contributed by atoms with E-state index in [0.29, 0.717) is 17.9 Å². The van der Waals surface area contributed by atoms with Crippen molar-refractivity contribution >= 4 is 17.5 Å². The molecule has 1 aromatic heterocycles. The van der Waals surface area contributed by atoms with E-state index < -0.39 is 23.5 Å². The number of para-hydroxylation sites is 1. The number of nitrogen functional groups attached to an aromatic ring is 1. The Morgan fingerprint density at radius 1 is 1.21 bits per heavy atom. The number of nitrogens with zero attached hydrogens (tertiary/aromatic N) is 2. The van der Waals surface area contributed by atoms with Crippen molar-refractivity contribution in [3.8, 4) is 17.2 Å². The van der Waals surface area contributed by atoms with Crippen LogP contribution in [0.2, 0.25) is 0 Å². The molecule has 0 saturated carbocycles. The monoisotopic (exact) mass is 520 g/mol. The van der Waals surface area contributed by atoms with E-state index in [1.807, 2.05) is 0 Å². The quantitative estimate of drug-likeness (QED) is 0.157. The van der Waals surface area contributed by atoms with E-state index in [1.54, 1.807) is 37.3 Å². The van der Waals surface area contributed by atoms with E-state index in [-0.39, 0.29) is 40.0 Å². The molecule has 0 saturated heterocycles. The smallest absolute Gasteiger partial charge is 0.348 e. The Balaban J connectivity index is 1.87. The van der Waals surface area contributed by atoms with Gasteiger partial charge in [-0.25, -0.2) is 14.0 Å². The summed E-state index contributed by atoms with van der Waals surface area (Å²) < 4.78 is 27.2. The minimum atomic E-state index is -1.24. The number of aromatic carboxylic acids is 1. The van der Waals surface area contributed by atoms with Crippen molar-refractivity contribution in [2.24, 2.45) is 5.73 Å². The molecule has 4 aromatic rings. The number of halogens is 1. The van der Waals surface area contributed by atoms with E-state index in [4.69, 9.17) is 20.6 Å². The van der Waals surface area contributed by atoms with Crippen LogP contribution in [-0.2, 0) is 0 Å². The van der Waals surface area contributed by atoms with E-state index in [9.17, 15) is 14.7 Å². The van der Waals surface area contributed by atoms with Crippen LogP contribution in [0.5, 0.6) is 11.5 Å². The molecule has 11 nitrogen and oxygen atoms in total. The maximum Gasteiger partial charge on any atom is 0.348 e. The molecule has 0 radical (unpaired) electrons. The third kappa shape index (κ3) is 5.19. The third-order valence-electron chi connectivity index (χ3n) is 5.67. The van der Waals surface area contributed by atoms with Crippen molar-refractivity contribution in [1.82, 2.24) is 14.8 Å². The van der Waals surface area contributed by atoms with Gasteiger partial charge in [0.15, 0.2) is 17.3 Å². The molecule has 6 N–H and O–H groups in total. The molecule has 38 heavy (non-hydrogen) atoms. The lowest BCUT2D eigenvalue weighted by Crippen LogP contribution is -2.18. The minimum absolute atomic E-state index is 0.0114. The van der Waals surface area contributed by atoms with Gasteiger partial charge in [0, 0.05) is 22.9 Å². The first-order valence-corrected chi connectivity index (χ1v) is 11.5. The standard InChI is InChI=1S/C26H25FN6O5/c1-3-38-21-12-17(18(27)13-20(21)37-2)22(30-15-10-8-14(9-11-15)23(28)29)24-31-26(36)33(32-24)19-7-5-4-6-16(19)25(34)35/h4-13,22,30H,3H2,1-2H3,(H3,28,29)(H,34,35)(H,31,32,36)/t22-/m0/s1. The van der Waals surface area contributed by atoms with Gasteiger partial charge in [-0.15, -0.1) is 5.10 Å². The Bertz CT molecular complexity index is 1550. The molecule has 0 bridgehead atoms. The molecule has 196 valence electrons. The molecular weight excluding hydrogens is 495 g/mol. The molecule has 0 aliphatic carbocycles. The molecular formula is C26H25FN6O5. The Morgan fingerprint density at radius 2 is 1.92 bits per heavy atom. The summed E-state index contributed by atoms with van der Waals surface area (Å²) in [7, 11) is 1.39. The van der Waals surface area contributed by atoms with Gasteiger partial charge < -0.3 is 25.6 Å². The number of rotatable bonds is 10. The second kappa shape index (κ2) is 10.9. The summed E-state index contributed by atoms with van der Waals surface area (Å²) in [6, 6.07) is 14.0. The highest BCUT2D eigenvalue weighted by Crippen LogP contribution is 2.35. The second-order valence-corrected chi connectivity index (χ2v) is 8.08. The van der Waals surface area contributed by atoms with Crippen molar-refractivity contribution in [3.05, 3.63) is 99.5 Å². The minimum Gasteiger partial charge on any atom is -0.493 e. The number of anilines is 1. The van der Waals surface area contributed by atoms with Crippen molar-refractivity contribution in [2.75, 3.05) is 19.0 Å². The number of carboxylic acids is 1. The Morgan fingerprint density at radius 3 is 2.55 bits per heavy atom. The lowest BCUT2D eigenvalue weighted by molar-refractivity contribution is 0.0696. The molecule has 3 aromatic carbocycles. The molecule has 1 heterocycles. The van der Waals surface area contributed by atoms with Crippen LogP contribution in [-0.4, -0.2) is 45.4 Å². The van der Waals surface area contributed by atoms with Crippen molar-refractivity contribution in [2.45, 2.75) is 13.0 Å². The number of methoxy groups -OCH3 is 1. The zero-order valence-corrected chi connectivity index (χ0v) is 20.5. The number of amidine groups is 1. The number of nitrogens with two attached hydrogens (primary N) is 1. The van der Waals surface area contributed by atoms with Gasteiger partial charge in [-0.3, -0.25) is 10.4 Å². The van der Waals surface area contributed by atoms with Gasteiger partial charge in [0.1, 0.15) is 17.7 Å². The van der Waals surface area contributed by atoms with Gasteiger partial charge in [-0.1, -0.05) is 12.1 Å². The average Bonchev–Trinajstić information content (AvgIpc) is 3.29. The van der Waals surface area contributed by atoms with Crippen molar-refractivity contribution < 1.29 is 23.8 Å². The highest BCUT2D eigenvalue weighted by Gasteiger charge is 2.26. The van der Waals surface area contributed by atoms with Gasteiger partial charge in [0.2, 0.25) is 0 Å². The second-order valence-electron chi connectivity index (χ2n) is 8.08. The SMILES string of the molecule is CCOc1cc([C@H](Nc2ccc(C(=N)N)cc2)c2nn(-c3ccccc3C(=O)O)c(=O)[nH]2)c(F)cc1OC. The maximum atomic E-state index is 15.4. The third-order valence-corrected chi connectivity index (χ3v) is 5.67. The first-order chi connectivity index (χ1) is 18.2. The number of carboxylic acid groups (broad SMARTS) is 1. The first kappa shape index (κ1) is 25.9. The van der Waals surface area contributed by atoms with Crippen LogP contribution in [0.15, 0.2) is 65.5 Å². The van der Waals surface area contributed by atoms with Gasteiger partial charge in [-0.2, -0.15) is 4.68 Å². The number of hydrogen-bond donors (Lipinski definition) is 5. The summed E-state index contributed by atoms with van der Waals surface area (Å²) in [5.74, 6) is -1.53. The zero-order chi connectivity index (χ0) is 27.4. The van der Waals surface area contributed by atoms with Crippen LogP contribution in [0.4, 0.5) is 10.1 Å². The Hall–Kier alpha value is -5.13. The number of carbonyl (C=O) groups is 1. The first-order valence-electron chi connectivity index (χ1n) is 11.5. The van der Waals surface area contributed by atoms with Crippen LogP contribution in [0.3, 0.4) is 0 Å². The molecule has 0 spiro atoms. The Kier molecular flexibility index (Phi) is 7.42. The number of benzene rings is 3. The zero-order valence-electron chi connectivity index (χ0n) is 20.5. The highest BCUT2D eigenvalue weighted by molar-refractivity contribution is 5.95. The van der Waals surface area contributed by atoms with E-state index in [1.165, 1.54) is 37.4 Å². The fourth-order valence-electron chi connectivity index (χ4n) is 3.88. The fraction of sp³-hybridized carbons (Fsp3) is 0.154. The highest BCUT2D eigenvalue weighted by atomic mass is 19.1. The lowest BCUT2D eigenvalue weighted by atomic mass is 10.0. The van der Waals surface area contributed by atoms with Crippen molar-refractivity contribution in [1.29, 1.82) is 5.41 Å². The largest absolute Gasteiger partial charge is 0.493 e. The van der Waals surface area contributed by atoms with Gasteiger partial charge in [0.25, 0.3) is 0 Å². The predicted molar refractivity (Wildman–Crippen MR) is 138 cm³/mol. The summed E-state index contributed by atoms with van der Waals surface area (Å²) in [5.41, 5.74) is 5.82. The van der Waals surface area contributed by atoms with E-state index in [2.05, 4.69) is 15.4 Å². The molecule has 0 aliphatic rings. The van der Waals surface area contributed by atoms with Crippen LogP contribution in [0, 0.1) is 11.2 Å². The van der Waals surface area contributed by atoms with Crippen LogP contribution in [0.25, 0.3) is 5.69 Å². The lowest BCUT2D eigenvalue weighted by Gasteiger charge is -2.21. The molecule has 0 unspecified atom stereocenters. The number of H-pyrrole nitrogens is 1. The normalized spacial score (nSPS) is 11.6. The molecule has 0 aliphatic heterocycles. The predicted octanol–water partition coefficient (Wildman–Crippen LogP) is 3.29. The number of aromatic nitrogens is 3. The molecule has 4 rings (SSSR count). The Labute approximate surface area is 216 Å². The topological polar surface area (TPSA) is 168 Å².